The molecule has 2 saturated heterocycles. The molecule has 0 aliphatic carbocycles. The van der Waals surface area contributed by atoms with E-state index in [-0.39, 0.29) is 24.3 Å². The molecule has 2 aromatic carbocycles. The number of carbonyl (C=O) groups is 1. The molecule has 0 unspecified atom stereocenters. The van der Waals surface area contributed by atoms with Gasteiger partial charge in [-0.2, -0.15) is 5.10 Å². The van der Waals surface area contributed by atoms with Gasteiger partial charge in [0.05, 0.1) is 45.7 Å². The van der Waals surface area contributed by atoms with E-state index in [0.29, 0.717) is 55.5 Å². The van der Waals surface area contributed by atoms with Crippen molar-refractivity contribution >= 4 is 11.6 Å². The Bertz CT molecular complexity index is 1110. The number of hydrazone groups is 1. The Kier molecular flexibility index (Phi) is 6.73. The molecule has 0 N–H and O–H groups in total. The van der Waals surface area contributed by atoms with Gasteiger partial charge in [0.25, 0.3) is 5.91 Å². The Hall–Kier alpha value is -3.01. The molecule has 3 heterocycles. The zero-order chi connectivity index (χ0) is 24.4. The molecule has 9 heteroatoms. The number of carbonyl (C=O) groups excluding carboxylic acids is 1. The second-order valence-corrected chi connectivity index (χ2v) is 9.01. The average Bonchev–Trinajstić information content (AvgIpc) is 3.53. The van der Waals surface area contributed by atoms with Crippen molar-refractivity contribution in [2.75, 3.05) is 47.1 Å². The van der Waals surface area contributed by atoms with E-state index in [1.165, 1.54) is 17.1 Å². The van der Waals surface area contributed by atoms with Crippen molar-refractivity contribution in [2.45, 2.75) is 31.1 Å². The first-order chi connectivity index (χ1) is 17.0. The standard InChI is InChI=1S/C26H30FN3O5/c1-32-20-6-7-21(24(15-20)33-2)23-16-22(18-4-3-5-19(27)14-18)28-30(23)25(31)17-29-10-8-26(9-11-29)34-12-13-35-26/h3-7,14-15,23H,8-13,16-17H2,1-2H3/t23-/m1/s1. The molecule has 1 atom stereocenters. The highest BCUT2D eigenvalue weighted by Crippen LogP contribution is 2.39. The maximum absolute atomic E-state index is 13.9. The predicted molar refractivity (Wildman–Crippen MR) is 127 cm³/mol. The Morgan fingerprint density at radius 1 is 1.11 bits per heavy atom. The summed E-state index contributed by atoms with van der Waals surface area (Å²) in [4.78, 5) is 15.7. The number of piperidine rings is 1. The van der Waals surface area contributed by atoms with Crippen molar-refractivity contribution in [3.05, 3.63) is 59.4 Å². The Morgan fingerprint density at radius 3 is 2.57 bits per heavy atom. The predicted octanol–water partition coefficient (Wildman–Crippen LogP) is 3.36. The first-order valence-electron chi connectivity index (χ1n) is 11.9. The number of methoxy groups -OCH3 is 2. The molecule has 1 amide bonds. The van der Waals surface area contributed by atoms with Crippen molar-refractivity contribution in [3.63, 3.8) is 0 Å². The van der Waals surface area contributed by atoms with Crippen LogP contribution in [0.5, 0.6) is 11.5 Å². The van der Waals surface area contributed by atoms with Gasteiger partial charge >= 0.3 is 0 Å². The number of amides is 1. The minimum Gasteiger partial charge on any atom is -0.497 e. The lowest BCUT2D eigenvalue weighted by Gasteiger charge is -2.37. The highest BCUT2D eigenvalue weighted by molar-refractivity contribution is 6.03. The summed E-state index contributed by atoms with van der Waals surface area (Å²) in [5.41, 5.74) is 2.14. The van der Waals surface area contributed by atoms with Crippen molar-refractivity contribution in [3.8, 4) is 11.5 Å². The zero-order valence-electron chi connectivity index (χ0n) is 20.0. The molecule has 0 radical (unpaired) electrons. The van der Waals surface area contributed by atoms with Crippen LogP contribution in [0.1, 0.15) is 36.4 Å². The van der Waals surface area contributed by atoms with Gasteiger partial charge in [-0.3, -0.25) is 9.69 Å². The van der Waals surface area contributed by atoms with Crippen molar-refractivity contribution in [2.24, 2.45) is 5.10 Å². The third kappa shape index (κ3) is 4.89. The van der Waals surface area contributed by atoms with Crippen LogP contribution in [-0.2, 0) is 14.3 Å². The van der Waals surface area contributed by atoms with Gasteiger partial charge in [-0.25, -0.2) is 9.40 Å². The summed E-state index contributed by atoms with van der Waals surface area (Å²) in [5.74, 6) is 0.315. The molecule has 0 aromatic heterocycles. The number of hydrogen-bond acceptors (Lipinski definition) is 7. The van der Waals surface area contributed by atoms with Crippen LogP contribution < -0.4 is 9.47 Å². The smallest absolute Gasteiger partial charge is 0.257 e. The van der Waals surface area contributed by atoms with E-state index < -0.39 is 5.79 Å². The van der Waals surface area contributed by atoms with Crippen LogP contribution >= 0.6 is 0 Å². The quantitative estimate of drug-likeness (QED) is 0.628. The Labute approximate surface area is 204 Å². The van der Waals surface area contributed by atoms with Crippen LogP contribution in [0.25, 0.3) is 0 Å². The fourth-order valence-electron chi connectivity index (χ4n) is 5.02. The number of likely N-dealkylation sites (tertiary alicyclic amines) is 1. The second-order valence-electron chi connectivity index (χ2n) is 9.01. The maximum Gasteiger partial charge on any atom is 0.257 e. The van der Waals surface area contributed by atoms with Crippen molar-refractivity contribution < 1.29 is 28.1 Å². The lowest BCUT2D eigenvalue weighted by atomic mass is 9.97. The molecule has 1 spiro atoms. The van der Waals surface area contributed by atoms with Crippen LogP contribution in [0.4, 0.5) is 4.39 Å². The van der Waals surface area contributed by atoms with Crippen LogP contribution in [0, 0.1) is 5.82 Å². The van der Waals surface area contributed by atoms with Gasteiger partial charge < -0.3 is 18.9 Å². The van der Waals surface area contributed by atoms with Crippen molar-refractivity contribution in [1.82, 2.24) is 9.91 Å². The van der Waals surface area contributed by atoms with Gasteiger partial charge in [0.1, 0.15) is 17.3 Å². The van der Waals surface area contributed by atoms with Crippen LogP contribution in [0.3, 0.4) is 0 Å². The highest BCUT2D eigenvalue weighted by Gasteiger charge is 2.41. The molecule has 3 aliphatic rings. The molecule has 5 rings (SSSR count). The molecule has 8 nitrogen and oxygen atoms in total. The Balaban J connectivity index is 1.39. The highest BCUT2D eigenvalue weighted by atomic mass is 19.1. The minimum atomic E-state index is -0.491. The molecule has 35 heavy (non-hydrogen) atoms. The van der Waals surface area contributed by atoms with E-state index in [9.17, 15) is 9.18 Å². The molecule has 0 bridgehead atoms. The summed E-state index contributed by atoms with van der Waals surface area (Å²) >= 11 is 0. The van der Waals surface area contributed by atoms with Crippen LogP contribution in [-0.4, -0.2) is 74.4 Å². The fraction of sp³-hybridized carbons (Fsp3) is 0.462. The second kappa shape index (κ2) is 9.93. The monoisotopic (exact) mass is 483 g/mol. The van der Waals surface area contributed by atoms with E-state index >= 15 is 0 Å². The van der Waals surface area contributed by atoms with E-state index in [4.69, 9.17) is 18.9 Å². The summed E-state index contributed by atoms with van der Waals surface area (Å²) < 4.78 is 36.5. The summed E-state index contributed by atoms with van der Waals surface area (Å²) in [6.07, 6.45) is 1.91. The molecular formula is C26H30FN3O5. The normalized spacial score (nSPS) is 21.9. The van der Waals surface area contributed by atoms with Gasteiger partial charge in [0.15, 0.2) is 5.79 Å². The van der Waals surface area contributed by atoms with Gasteiger partial charge in [-0.05, 0) is 24.3 Å². The number of ether oxygens (including phenoxy) is 4. The third-order valence-electron chi connectivity index (χ3n) is 6.91. The van der Waals surface area contributed by atoms with Crippen LogP contribution in [0.2, 0.25) is 0 Å². The molecular weight excluding hydrogens is 453 g/mol. The van der Waals surface area contributed by atoms with Crippen LogP contribution in [0.15, 0.2) is 47.6 Å². The molecule has 3 aliphatic heterocycles. The minimum absolute atomic E-state index is 0.122. The first-order valence-corrected chi connectivity index (χ1v) is 11.9. The van der Waals surface area contributed by atoms with E-state index in [1.54, 1.807) is 26.4 Å². The fourth-order valence-corrected chi connectivity index (χ4v) is 5.02. The number of hydrogen-bond donors (Lipinski definition) is 0. The number of nitrogens with zero attached hydrogens (tertiary/aromatic N) is 3. The summed E-state index contributed by atoms with van der Waals surface area (Å²) in [6.45, 7) is 2.88. The van der Waals surface area contributed by atoms with E-state index in [2.05, 4.69) is 10.0 Å². The third-order valence-corrected chi connectivity index (χ3v) is 6.91. The lowest BCUT2D eigenvalue weighted by molar-refractivity contribution is -0.186. The lowest BCUT2D eigenvalue weighted by Crippen LogP contribution is -2.48. The molecule has 0 saturated carbocycles. The summed E-state index contributed by atoms with van der Waals surface area (Å²) in [5, 5.41) is 6.21. The van der Waals surface area contributed by atoms with Gasteiger partial charge in [-0.15, -0.1) is 0 Å². The summed E-state index contributed by atoms with van der Waals surface area (Å²) in [7, 11) is 3.18. The van der Waals surface area contributed by atoms with E-state index in [0.717, 1.165) is 18.4 Å². The first kappa shape index (κ1) is 23.7. The van der Waals surface area contributed by atoms with Crippen molar-refractivity contribution in [1.29, 1.82) is 0 Å². The van der Waals surface area contributed by atoms with E-state index in [1.807, 2.05) is 18.2 Å². The van der Waals surface area contributed by atoms with Gasteiger partial charge in [0, 0.05) is 49.5 Å². The molecule has 2 aromatic rings. The largest absolute Gasteiger partial charge is 0.497 e. The summed E-state index contributed by atoms with van der Waals surface area (Å²) in [6, 6.07) is 11.5. The topological polar surface area (TPSA) is 72.8 Å². The molecule has 186 valence electrons. The van der Waals surface area contributed by atoms with Gasteiger partial charge in [0.2, 0.25) is 0 Å². The number of benzene rings is 2. The van der Waals surface area contributed by atoms with Gasteiger partial charge in [-0.1, -0.05) is 12.1 Å². The number of halogens is 1. The maximum atomic E-state index is 13.9. The SMILES string of the molecule is COc1ccc([C@H]2CC(c3cccc(F)c3)=NN2C(=O)CN2CCC3(CC2)OCCO3)c(OC)c1. The Morgan fingerprint density at radius 2 is 1.89 bits per heavy atom. The number of rotatable bonds is 6. The molecule has 2 fully saturated rings. The zero-order valence-corrected chi connectivity index (χ0v) is 20.0. The average molecular weight is 484 g/mol.